The predicted molar refractivity (Wildman–Crippen MR) is 125 cm³/mol. The molecule has 0 amide bonds. The number of hydrogen-bond donors (Lipinski definition) is 0. The van der Waals surface area contributed by atoms with Crippen molar-refractivity contribution in [2.24, 2.45) is 0 Å². The summed E-state index contributed by atoms with van der Waals surface area (Å²) >= 11 is 0. The summed E-state index contributed by atoms with van der Waals surface area (Å²) < 4.78 is 12.1. The summed E-state index contributed by atoms with van der Waals surface area (Å²) in [5.41, 5.74) is 3.05. The van der Waals surface area contributed by atoms with Gasteiger partial charge in [0.05, 0.1) is 12.2 Å². The molecule has 0 radical (unpaired) electrons. The predicted octanol–water partition coefficient (Wildman–Crippen LogP) is 6.43. The Bertz CT molecular complexity index is 854. The zero-order chi connectivity index (χ0) is 22.4. The first-order valence-corrected chi connectivity index (χ1v) is 10.8. The van der Waals surface area contributed by atoms with Gasteiger partial charge in [0, 0.05) is 30.8 Å². The maximum atomic E-state index is 9.90. The van der Waals surface area contributed by atoms with E-state index < -0.39 is 5.60 Å². The molecular formula is C26H36N2O2. The molecule has 0 heterocycles. The van der Waals surface area contributed by atoms with E-state index >= 15 is 0 Å². The molecule has 4 nitrogen and oxygen atoms in total. The van der Waals surface area contributed by atoms with Crippen LogP contribution in [0.2, 0.25) is 0 Å². The third-order valence-electron chi connectivity index (χ3n) is 5.07. The normalized spacial score (nSPS) is 11.8. The summed E-state index contributed by atoms with van der Waals surface area (Å²) in [6.07, 6.45) is 0.734. The van der Waals surface area contributed by atoms with Crippen molar-refractivity contribution < 1.29 is 9.47 Å². The van der Waals surface area contributed by atoms with Crippen molar-refractivity contribution in [1.29, 1.82) is 5.26 Å². The number of ether oxygens (including phenoxy) is 2. The molecule has 0 atom stereocenters. The van der Waals surface area contributed by atoms with E-state index in [9.17, 15) is 5.26 Å². The van der Waals surface area contributed by atoms with Gasteiger partial charge in [0.15, 0.2) is 0 Å². The summed E-state index contributed by atoms with van der Waals surface area (Å²) in [5, 5.41) is 9.90. The van der Waals surface area contributed by atoms with Crippen LogP contribution in [0.4, 0.5) is 5.69 Å². The second kappa shape index (κ2) is 10.00. The number of nitrogens with zero attached hydrogens (tertiary/aromatic N) is 2. The van der Waals surface area contributed by atoms with Crippen LogP contribution in [0.1, 0.15) is 60.5 Å². The van der Waals surface area contributed by atoms with E-state index in [0.717, 1.165) is 30.6 Å². The number of rotatable bonds is 9. The molecule has 0 unspecified atom stereocenters. The van der Waals surface area contributed by atoms with Crippen LogP contribution in [-0.2, 0) is 4.74 Å². The molecule has 0 saturated carbocycles. The van der Waals surface area contributed by atoms with E-state index in [2.05, 4.69) is 49.1 Å². The molecule has 0 aliphatic heterocycles. The first kappa shape index (κ1) is 23.8. The molecule has 0 fully saturated rings. The molecule has 0 aliphatic rings. The topological polar surface area (TPSA) is 45.5 Å². The quantitative estimate of drug-likeness (QED) is 0.479. The van der Waals surface area contributed by atoms with Crippen molar-refractivity contribution in [1.82, 2.24) is 0 Å². The van der Waals surface area contributed by atoms with Crippen LogP contribution < -0.4 is 9.64 Å². The van der Waals surface area contributed by atoms with E-state index in [1.54, 1.807) is 0 Å². The molecule has 0 spiro atoms. The fourth-order valence-corrected chi connectivity index (χ4v) is 3.36. The van der Waals surface area contributed by atoms with Crippen molar-refractivity contribution in [2.75, 3.05) is 24.6 Å². The van der Waals surface area contributed by atoms with Gasteiger partial charge in [-0.15, -0.1) is 0 Å². The van der Waals surface area contributed by atoms with Gasteiger partial charge < -0.3 is 14.4 Å². The molecule has 0 N–H and O–H groups in total. The largest absolute Gasteiger partial charge is 0.486 e. The first-order valence-electron chi connectivity index (χ1n) is 10.8. The summed E-state index contributed by atoms with van der Waals surface area (Å²) in [6, 6.07) is 16.6. The van der Waals surface area contributed by atoms with Gasteiger partial charge in [-0.3, -0.25) is 0 Å². The highest BCUT2D eigenvalue weighted by molar-refractivity contribution is 5.75. The van der Waals surface area contributed by atoms with Crippen molar-refractivity contribution in [3.63, 3.8) is 0 Å². The Balaban J connectivity index is 2.25. The SMILES string of the molecule is CCN(CC)c1ccc(-c2cccc(OC(C)(C)CCOC(C)(C)C)c2C#N)cc1. The minimum Gasteiger partial charge on any atom is -0.486 e. The average Bonchev–Trinajstić information content (AvgIpc) is 2.68. The lowest BCUT2D eigenvalue weighted by atomic mass is 9.98. The second-order valence-corrected chi connectivity index (χ2v) is 9.08. The van der Waals surface area contributed by atoms with E-state index in [-0.39, 0.29) is 5.60 Å². The zero-order valence-corrected chi connectivity index (χ0v) is 19.6. The fourth-order valence-electron chi connectivity index (χ4n) is 3.36. The fraction of sp³-hybridized carbons (Fsp3) is 0.500. The number of benzene rings is 2. The summed E-state index contributed by atoms with van der Waals surface area (Å²) in [4.78, 5) is 2.30. The Morgan fingerprint density at radius 2 is 1.57 bits per heavy atom. The average molecular weight is 409 g/mol. The Morgan fingerprint density at radius 1 is 0.933 bits per heavy atom. The summed E-state index contributed by atoms with van der Waals surface area (Å²) in [6.45, 7) is 17.0. The van der Waals surface area contributed by atoms with Crippen LogP contribution in [-0.4, -0.2) is 30.9 Å². The maximum Gasteiger partial charge on any atom is 0.138 e. The second-order valence-electron chi connectivity index (χ2n) is 9.08. The number of hydrogen-bond acceptors (Lipinski definition) is 4. The molecule has 2 aromatic carbocycles. The van der Waals surface area contributed by atoms with Gasteiger partial charge in [-0.2, -0.15) is 5.26 Å². The minimum atomic E-state index is -0.442. The van der Waals surface area contributed by atoms with Crippen LogP contribution in [0.15, 0.2) is 42.5 Å². The number of anilines is 1. The van der Waals surface area contributed by atoms with Gasteiger partial charge in [0.1, 0.15) is 23.0 Å². The van der Waals surface area contributed by atoms with Crippen LogP contribution >= 0.6 is 0 Å². The van der Waals surface area contributed by atoms with Crippen LogP contribution in [0.5, 0.6) is 5.75 Å². The van der Waals surface area contributed by atoms with Gasteiger partial charge in [0.2, 0.25) is 0 Å². The molecule has 0 aliphatic carbocycles. The molecule has 30 heavy (non-hydrogen) atoms. The maximum absolute atomic E-state index is 9.90. The van der Waals surface area contributed by atoms with Gasteiger partial charge in [-0.1, -0.05) is 24.3 Å². The van der Waals surface area contributed by atoms with E-state index in [1.807, 2.05) is 52.8 Å². The van der Waals surface area contributed by atoms with Crippen LogP contribution in [0.3, 0.4) is 0 Å². The Labute approximate surface area is 182 Å². The lowest BCUT2D eigenvalue weighted by molar-refractivity contribution is -0.0293. The Kier molecular flexibility index (Phi) is 7.92. The molecular weight excluding hydrogens is 372 g/mol. The lowest BCUT2D eigenvalue weighted by Gasteiger charge is -2.29. The highest BCUT2D eigenvalue weighted by atomic mass is 16.5. The van der Waals surface area contributed by atoms with Gasteiger partial charge in [0.25, 0.3) is 0 Å². The third kappa shape index (κ3) is 6.50. The molecule has 4 heteroatoms. The monoisotopic (exact) mass is 408 g/mol. The lowest BCUT2D eigenvalue weighted by Crippen LogP contribution is -2.32. The molecule has 2 aromatic rings. The third-order valence-corrected chi connectivity index (χ3v) is 5.07. The molecule has 0 saturated heterocycles. The van der Waals surface area contributed by atoms with Crippen molar-refractivity contribution >= 4 is 5.69 Å². The summed E-state index contributed by atoms with van der Waals surface area (Å²) in [7, 11) is 0. The van der Waals surface area contributed by atoms with E-state index in [1.165, 1.54) is 5.69 Å². The molecule has 0 bridgehead atoms. The van der Waals surface area contributed by atoms with Crippen molar-refractivity contribution in [3.05, 3.63) is 48.0 Å². The Morgan fingerprint density at radius 3 is 2.10 bits per heavy atom. The molecule has 0 aromatic heterocycles. The Hall–Kier alpha value is -2.51. The highest BCUT2D eigenvalue weighted by Gasteiger charge is 2.24. The smallest absolute Gasteiger partial charge is 0.138 e. The summed E-state index contributed by atoms with van der Waals surface area (Å²) in [5.74, 6) is 0.614. The van der Waals surface area contributed by atoms with E-state index in [0.29, 0.717) is 17.9 Å². The number of nitriles is 1. The molecule has 2 rings (SSSR count). The van der Waals surface area contributed by atoms with Crippen molar-refractivity contribution in [3.8, 4) is 22.9 Å². The van der Waals surface area contributed by atoms with Gasteiger partial charge >= 0.3 is 0 Å². The zero-order valence-electron chi connectivity index (χ0n) is 19.6. The van der Waals surface area contributed by atoms with Crippen LogP contribution in [0.25, 0.3) is 11.1 Å². The molecule has 162 valence electrons. The standard InChI is InChI=1S/C26H36N2O2/c1-8-28(9-2)21-15-13-20(14-16-21)22-11-10-12-24(23(22)19-27)30-26(6,7)17-18-29-25(3,4)5/h10-16H,8-9,17-18H2,1-7H3. The van der Waals surface area contributed by atoms with Crippen molar-refractivity contribution in [2.45, 2.75) is 66.1 Å². The first-order chi connectivity index (χ1) is 14.1. The van der Waals surface area contributed by atoms with Crippen LogP contribution in [0, 0.1) is 11.3 Å². The van der Waals surface area contributed by atoms with E-state index in [4.69, 9.17) is 9.47 Å². The minimum absolute atomic E-state index is 0.175. The highest BCUT2D eigenvalue weighted by Crippen LogP contribution is 2.33. The van der Waals surface area contributed by atoms with Gasteiger partial charge in [-0.05, 0) is 72.2 Å². The van der Waals surface area contributed by atoms with Gasteiger partial charge in [-0.25, -0.2) is 0 Å².